The van der Waals surface area contributed by atoms with E-state index in [1.165, 1.54) is 6.33 Å². The molecule has 0 unspecified atom stereocenters. The fourth-order valence-electron chi connectivity index (χ4n) is 2.89. The van der Waals surface area contributed by atoms with Crippen molar-refractivity contribution >= 4 is 5.91 Å². The van der Waals surface area contributed by atoms with Crippen molar-refractivity contribution in [2.45, 2.75) is 19.2 Å². The molecule has 1 aromatic carbocycles. The van der Waals surface area contributed by atoms with Crippen molar-refractivity contribution in [2.75, 3.05) is 33.8 Å². The quantitative estimate of drug-likeness (QED) is 0.815. The van der Waals surface area contributed by atoms with Crippen LogP contribution in [0.4, 0.5) is 0 Å². The number of carbonyl (C=O) groups excluding carboxylic acids is 1. The van der Waals surface area contributed by atoms with Crippen molar-refractivity contribution in [1.29, 1.82) is 0 Å². The molecule has 2 aromatic rings. The predicted octanol–water partition coefficient (Wildman–Crippen LogP) is 0.881. The zero-order chi connectivity index (χ0) is 16.9. The molecule has 7 nitrogen and oxygen atoms in total. The molecule has 1 amide bonds. The summed E-state index contributed by atoms with van der Waals surface area (Å²) >= 11 is 0. The Bertz CT molecular complexity index is 671. The Morgan fingerprint density at radius 3 is 3.04 bits per heavy atom. The van der Waals surface area contributed by atoms with Gasteiger partial charge in [-0.1, -0.05) is 12.1 Å². The predicted molar refractivity (Wildman–Crippen MR) is 89.5 cm³/mol. The van der Waals surface area contributed by atoms with Crippen molar-refractivity contribution < 1.29 is 9.53 Å². The minimum Gasteiger partial charge on any atom is -0.374 e. The van der Waals surface area contributed by atoms with E-state index in [1.807, 2.05) is 18.2 Å². The van der Waals surface area contributed by atoms with Gasteiger partial charge in [0.25, 0.3) is 5.91 Å². The number of benzene rings is 1. The van der Waals surface area contributed by atoms with E-state index in [9.17, 15) is 4.79 Å². The average molecular weight is 329 g/mol. The van der Waals surface area contributed by atoms with Gasteiger partial charge in [0.05, 0.1) is 19.3 Å². The van der Waals surface area contributed by atoms with Crippen molar-refractivity contribution in [3.05, 3.63) is 48.0 Å². The van der Waals surface area contributed by atoms with Crippen molar-refractivity contribution in [2.24, 2.45) is 0 Å². The Labute approximate surface area is 141 Å². The highest BCUT2D eigenvalue weighted by Gasteiger charge is 2.21. The number of hydrogen-bond donors (Lipinski definition) is 0. The second-order valence-corrected chi connectivity index (χ2v) is 6.25. The lowest BCUT2D eigenvalue weighted by Gasteiger charge is -2.32. The Morgan fingerprint density at radius 1 is 1.42 bits per heavy atom. The molecule has 0 aliphatic carbocycles. The van der Waals surface area contributed by atoms with Crippen LogP contribution in [-0.2, 0) is 17.8 Å². The third kappa shape index (κ3) is 4.18. The lowest BCUT2D eigenvalue weighted by atomic mass is 10.1. The molecule has 1 fully saturated rings. The van der Waals surface area contributed by atoms with Crippen LogP contribution in [0.15, 0.2) is 36.9 Å². The first-order valence-corrected chi connectivity index (χ1v) is 8.09. The zero-order valence-corrected chi connectivity index (χ0v) is 14.1. The molecule has 1 aliphatic rings. The van der Waals surface area contributed by atoms with Gasteiger partial charge in [0.1, 0.15) is 12.7 Å². The molecule has 0 spiro atoms. The van der Waals surface area contributed by atoms with Gasteiger partial charge in [0, 0.05) is 39.3 Å². The van der Waals surface area contributed by atoms with Crippen LogP contribution in [0.1, 0.15) is 15.9 Å². The summed E-state index contributed by atoms with van der Waals surface area (Å²) < 4.78 is 7.62. The van der Waals surface area contributed by atoms with Gasteiger partial charge in [-0.15, -0.1) is 0 Å². The summed E-state index contributed by atoms with van der Waals surface area (Å²) in [5.41, 5.74) is 1.87. The highest BCUT2D eigenvalue weighted by Crippen LogP contribution is 2.14. The summed E-state index contributed by atoms with van der Waals surface area (Å²) in [6.07, 6.45) is 3.35. The average Bonchev–Trinajstić information content (AvgIpc) is 3.07. The minimum atomic E-state index is 0.0305. The lowest BCUT2D eigenvalue weighted by molar-refractivity contribution is -0.0402. The topological polar surface area (TPSA) is 63.5 Å². The Kier molecular flexibility index (Phi) is 5.22. The molecule has 2 heterocycles. The SMILES string of the molecule is CN(C)C(=O)c1cccc(CN2CCO[C@@H](Cn3cncn3)C2)c1. The summed E-state index contributed by atoms with van der Waals surface area (Å²) in [5, 5.41) is 4.13. The molecular formula is C17H23N5O2. The van der Waals surface area contributed by atoms with Crippen LogP contribution in [0.2, 0.25) is 0 Å². The normalized spacial score (nSPS) is 18.5. The molecule has 24 heavy (non-hydrogen) atoms. The molecule has 1 aromatic heterocycles. The smallest absolute Gasteiger partial charge is 0.253 e. The molecule has 1 saturated heterocycles. The number of rotatable bonds is 5. The second kappa shape index (κ2) is 7.55. The molecule has 7 heteroatoms. The monoisotopic (exact) mass is 329 g/mol. The van der Waals surface area contributed by atoms with Crippen LogP contribution in [0.5, 0.6) is 0 Å². The van der Waals surface area contributed by atoms with Crippen LogP contribution < -0.4 is 0 Å². The van der Waals surface area contributed by atoms with E-state index in [-0.39, 0.29) is 12.0 Å². The number of aromatic nitrogens is 3. The van der Waals surface area contributed by atoms with Crippen molar-refractivity contribution in [1.82, 2.24) is 24.6 Å². The van der Waals surface area contributed by atoms with Crippen LogP contribution in [0.25, 0.3) is 0 Å². The van der Waals surface area contributed by atoms with Gasteiger partial charge in [-0.25, -0.2) is 4.98 Å². The summed E-state index contributed by atoms with van der Waals surface area (Å²) in [6, 6.07) is 7.84. The second-order valence-electron chi connectivity index (χ2n) is 6.25. The molecule has 0 bridgehead atoms. The summed E-state index contributed by atoms with van der Waals surface area (Å²) in [5.74, 6) is 0.0305. The van der Waals surface area contributed by atoms with Crippen molar-refractivity contribution in [3.8, 4) is 0 Å². The van der Waals surface area contributed by atoms with E-state index in [0.29, 0.717) is 13.2 Å². The van der Waals surface area contributed by atoms with Crippen molar-refractivity contribution in [3.63, 3.8) is 0 Å². The maximum Gasteiger partial charge on any atom is 0.253 e. The van der Waals surface area contributed by atoms with E-state index in [1.54, 1.807) is 30.0 Å². The van der Waals surface area contributed by atoms with Gasteiger partial charge in [0.2, 0.25) is 0 Å². The molecule has 0 radical (unpaired) electrons. The fourth-order valence-corrected chi connectivity index (χ4v) is 2.89. The molecule has 1 atom stereocenters. The number of ether oxygens (including phenoxy) is 1. The zero-order valence-electron chi connectivity index (χ0n) is 14.1. The first kappa shape index (κ1) is 16.6. The fraction of sp³-hybridized carbons (Fsp3) is 0.471. The van der Waals surface area contributed by atoms with E-state index in [2.05, 4.69) is 21.0 Å². The van der Waals surface area contributed by atoms with Crippen LogP contribution in [0.3, 0.4) is 0 Å². The maximum absolute atomic E-state index is 12.1. The largest absolute Gasteiger partial charge is 0.374 e. The Morgan fingerprint density at radius 2 is 2.29 bits per heavy atom. The standard InChI is InChI=1S/C17H23N5O2/c1-20(2)17(23)15-5-3-4-14(8-15)9-21-6-7-24-16(10-21)11-22-13-18-12-19-22/h3-5,8,12-13,16H,6-7,9-11H2,1-2H3/t16-/m1/s1. The summed E-state index contributed by atoms with van der Waals surface area (Å²) in [6.45, 7) is 3.95. The van der Waals surface area contributed by atoms with Crippen LogP contribution in [-0.4, -0.2) is 70.4 Å². The number of amides is 1. The number of carbonyl (C=O) groups is 1. The first-order chi connectivity index (χ1) is 11.6. The molecular weight excluding hydrogens is 306 g/mol. The molecule has 0 N–H and O–H groups in total. The van der Waals surface area contributed by atoms with Gasteiger partial charge < -0.3 is 9.64 Å². The lowest BCUT2D eigenvalue weighted by Crippen LogP contribution is -2.43. The van der Waals surface area contributed by atoms with Gasteiger partial charge in [0.15, 0.2) is 0 Å². The highest BCUT2D eigenvalue weighted by atomic mass is 16.5. The summed E-state index contributed by atoms with van der Waals surface area (Å²) in [7, 11) is 3.54. The van der Waals surface area contributed by atoms with E-state index >= 15 is 0 Å². The molecule has 3 rings (SSSR count). The van der Waals surface area contributed by atoms with Crippen LogP contribution in [0, 0.1) is 0 Å². The highest BCUT2D eigenvalue weighted by molar-refractivity contribution is 5.94. The number of hydrogen-bond acceptors (Lipinski definition) is 5. The van der Waals surface area contributed by atoms with Gasteiger partial charge in [-0.3, -0.25) is 14.4 Å². The third-order valence-corrected chi connectivity index (χ3v) is 4.07. The van der Waals surface area contributed by atoms with Gasteiger partial charge in [-0.05, 0) is 17.7 Å². The molecule has 1 aliphatic heterocycles. The number of morpholine rings is 1. The van der Waals surface area contributed by atoms with E-state index in [0.717, 1.165) is 30.8 Å². The molecule has 128 valence electrons. The molecule has 0 saturated carbocycles. The third-order valence-electron chi connectivity index (χ3n) is 4.07. The number of nitrogens with zero attached hydrogens (tertiary/aromatic N) is 5. The maximum atomic E-state index is 12.1. The van der Waals surface area contributed by atoms with Crippen LogP contribution >= 0.6 is 0 Å². The van der Waals surface area contributed by atoms with E-state index in [4.69, 9.17) is 4.74 Å². The van der Waals surface area contributed by atoms with Gasteiger partial charge >= 0.3 is 0 Å². The minimum absolute atomic E-state index is 0.0305. The van der Waals surface area contributed by atoms with Gasteiger partial charge in [-0.2, -0.15) is 5.10 Å². The van der Waals surface area contributed by atoms with E-state index < -0.39 is 0 Å². The summed E-state index contributed by atoms with van der Waals surface area (Å²) in [4.78, 5) is 20.0. The Balaban J connectivity index is 1.61. The first-order valence-electron chi connectivity index (χ1n) is 8.09. The Hall–Kier alpha value is -2.25.